The van der Waals surface area contributed by atoms with Gasteiger partial charge < -0.3 is 15.0 Å². The molecule has 1 atom stereocenters. The van der Waals surface area contributed by atoms with Crippen molar-refractivity contribution in [2.45, 2.75) is 37.7 Å². The summed E-state index contributed by atoms with van der Waals surface area (Å²) in [5, 5.41) is 3.29. The summed E-state index contributed by atoms with van der Waals surface area (Å²) in [6.07, 6.45) is -14.7. The molecule has 0 bridgehead atoms. The lowest BCUT2D eigenvalue weighted by atomic mass is 9.91. The van der Waals surface area contributed by atoms with Crippen molar-refractivity contribution in [2.24, 2.45) is 11.3 Å². The molecule has 1 spiro atoms. The van der Waals surface area contributed by atoms with Crippen LogP contribution < -0.4 is 5.32 Å². The van der Waals surface area contributed by atoms with Crippen molar-refractivity contribution < 1.29 is 40.7 Å². The molecule has 6 nitrogen and oxygen atoms in total. The van der Waals surface area contributed by atoms with Gasteiger partial charge in [-0.05, 0) is 24.7 Å². The Morgan fingerprint density at radius 2 is 1.82 bits per heavy atom. The van der Waals surface area contributed by atoms with E-state index in [1.54, 1.807) is 5.51 Å². The number of nitrogens with zero attached hydrogens (tertiary/aromatic N) is 2. The summed E-state index contributed by atoms with van der Waals surface area (Å²) in [6, 6.07) is 0. The number of aromatic nitrogens is 1. The van der Waals surface area contributed by atoms with Crippen LogP contribution in [0.15, 0.2) is 11.7 Å². The zero-order valence-electron chi connectivity index (χ0n) is 14.1. The van der Waals surface area contributed by atoms with Gasteiger partial charge in [0, 0.05) is 19.0 Å². The second kappa shape index (κ2) is 7.08. The Bertz CT molecular complexity index is 714. The molecule has 0 unspecified atom stereocenters. The molecule has 1 saturated heterocycles. The van der Waals surface area contributed by atoms with E-state index in [0.29, 0.717) is 24.3 Å². The number of carbonyl (C=O) groups is 2. The van der Waals surface area contributed by atoms with Gasteiger partial charge in [-0.3, -0.25) is 9.78 Å². The van der Waals surface area contributed by atoms with Crippen LogP contribution in [0.2, 0.25) is 0 Å². The largest absolute Gasteiger partial charge is 0.434 e. The lowest BCUT2D eigenvalue weighted by Gasteiger charge is -2.33. The Balaban J connectivity index is 1.53. The Morgan fingerprint density at radius 3 is 2.32 bits per heavy atom. The van der Waals surface area contributed by atoms with Crippen LogP contribution in [0.4, 0.5) is 36.1 Å². The smallest absolute Gasteiger partial charge is 0.426 e. The molecule has 0 radical (unpaired) electrons. The van der Waals surface area contributed by atoms with Crippen molar-refractivity contribution >= 4 is 28.3 Å². The fraction of sp³-hybridized carbons (Fsp3) is 0.667. The monoisotopic (exact) mass is 431 g/mol. The quantitative estimate of drug-likeness (QED) is 0.739. The molecule has 1 saturated carbocycles. The highest BCUT2D eigenvalue weighted by Gasteiger charge is 2.61. The Labute approximate surface area is 158 Å². The number of ether oxygens (including phenoxy) is 1. The van der Waals surface area contributed by atoms with E-state index >= 15 is 0 Å². The first-order chi connectivity index (χ1) is 12.9. The maximum atomic E-state index is 12.5. The number of likely N-dealkylation sites (tertiary alicyclic amines) is 1. The molecular formula is C15H15F6N3O3S. The first-order valence-electron chi connectivity index (χ1n) is 8.21. The summed E-state index contributed by atoms with van der Waals surface area (Å²) in [7, 11) is 0. The SMILES string of the molecule is O=C(Nc1cncs1)[C@@H]1CC12CCN(C(=O)OC(C(F)(F)F)C(F)(F)F)CC2. The molecular weight excluding hydrogens is 416 g/mol. The molecule has 156 valence electrons. The number of amides is 2. The molecule has 1 aromatic heterocycles. The molecule has 2 heterocycles. The van der Waals surface area contributed by atoms with Crippen molar-refractivity contribution in [2.75, 3.05) is 18.4 Å². The lowest BCUT2D eigenvalue weighted by Crippen LogP contribution is -2.49. The van der Waals surface area contributed by atoms with Crippen molar-refractivity contribution in [3.8, 4) is 0 Å². The molecule has 1 aliphatic heterocycles. The minimum Gasteiger partial charge on any atom is -0.426 e. The molecule has 0 aromatic carbocycles. The van der Waals surface area contributed by atoms with Crippen LogP contribution in [0.5, 0.6) is 0 Å². The molecule has 1 N–H and O–H groups in total. The normalized spacial score (nSPS) is 21.7. The summed E-state index contributed by atoms with van der Waals surface area (Å²) in [6.45, 7) is -0.156. The van der Waals surface area contributed by atoms with Crippen molar-refractivity contribution in [1.82, 2.24) is 9.88 Å². The van der Waals surface area contributed by atoms with Crippen molar-refractivity contribution in [3.63, 3.8) is 0 Å². The van der Waals surface area contributed by atoms with E-state index in [4.69, 9.17) is 0 Å². The zero-order valence-corrected chi connectivity index (χ0v) is 15.0. The van der Waals surface area contributed by atoms with E-state index in [1.807, 2.05) is 0 Å². The molecule has 2 amide bonds. The number of halogens is 6. The number of alkyl halides is 6. The summed E-state index contributed by atoms with van der Waals surface area (Å²) in [5.41, 5.74) is 1.16. The minimum atomic E-state index is -5.75. The molecule has 3 rings (SSSR count). The van der Waals surface area contributed by atoms with Gasteiger partial charge >= 0.3 is 18.4 Å². The first-order valence-corrected chi connectivity index (χ1v) is 9.09. The third-order valence-electron chi connectivity index (χ3n) is 5.02. The summed E-state index contributed by atoms with van der Waals surface area (Å²) in [5.74, 6) is -0.527. The predicted molar refractivity (Wildman–Crippen MR) is 84.5 cm³/mol. The molecule has 2 fully saturated rings. The van der Waals surface area contributed by atoms with Crippen LogP contribution in [0, 0.1) is 11.3 Å². The number of hydrogen-bond donors (Lipinski definition) is 1. The molecule has 1 aromatic rings. The van der Waals surface area contributed by atoms with Gasteiger partial charge in [-0.1, -0.05) is 0 Å². The Kier molecular flexibility index (Phi) is 5.23. The fourth-order valence-corrected chi connectivity index (χ4v) is 3.90. The standard InChI is InChI=1S/C15H15F6N3O3S/c16-14(17,18)11(15(19,20)21)27-12(26)24-3-1-13(2-4-24)5-8(13)10(25)23-9-6-22-7-28-9/h6-8,11H,1-5H2,(H,23,25)/t8-/m0/s1. The third kappa shape index (κ3) is 4.33. The van der Waals surface area contributed by atoms with Gasteiger partial charge in [-0.15, -0.1) is 11.3 Å². The average molecular weight is 431 g/mol. The average Bonchev–Trinajstić information content (AvgIpc) is 3.02. The molecule has 13 heteroatoms. The summed E-state index contributed by atoms with van der Waals surface area (Å²) < 4.78 is 78.8. The minimum absolute atomic E-state index is 0.0778. The molecule has 2 aliphatic rings. The second-order valence-corrected chi connectivity index (χ2v) is 7.69. The van der Waals surface area contributed by atoms with Crippen LogP contribution in [-0.2, 0) is 9.53 Å². The molecule has 1 aliphatic carbocycles. The van der Waals surface area contributed by atoms with Gasteiger partial charge in [0.15, 0.2) is 0 Å². The van der Waals surface area contributed by atoms with E-state index in [-0.39, 0.29) is 30.3 Å². The number of nitrogens with one attached hydrogen (secondary N) is 1. The van der Waals surface area contributed by atoms with Crippen LogP contribution >= 0.6 is 11.3 Å². The van der Waals surface area contributed by atoms with Gasteiger partial charge in [0.25, 0.3) is 6.10 Å². The Hall–Kier alpha value is -2.05. The van der Waals surface area contributed by atoms with Crippen molar-refractivity contribution in [3.05, 3.63) is 11.7 Å². The maximum Gasteiger partial charge on any atom is 0.434 e. The van der Waals surface area contributed by atoms with Gasteiger partial charge in [0.05, 0.1) is 11.7 Å². The van der Waals surface area contributed by atoms with Crippen LogP contribution in [0.1, 0.15) is 19.3 Å². The number of rotatable bonds is 3. The second-order valence-electron chi connectivity index (χ2n) is 6.81. The highest BCUT2D eigenvalue weighted by atomic mass is 32.1. The maximum absolute atomic E-state index is 12.5. The van der Waals surface area contributed by atoms with Gasteiger partial charge in [-0.2, -0.15) is 26.3 Å². The van der Waals surface area contributed by atoms with Gasteiger partial charge in [0.1, 0.15) is 5.00 Å². The fourth-order valence-electron chi connectivity index (χ4n) is 3.39. The van der Waals surface area contributed by atoms with E-state index < -0.39 is 24.5 Å². The van der Waals surface area contributed by atoms with E-state index in [9.17, 15) is 35.9 Å². The Morgan fingerprint density at radius 1 is 1.21 bits per heavy atom. The zero-order chi connectivity index (χ0) is 20.7. The van der Waals surface area contributed by atoms with Crippen LogP contribution in [0.25, 0.3) is 0 Å². The van der Waals surface area contributed by atoms with E-state index in [1.165, 1.54) is 17.5 Å². The van der Waals surface area contributed by atoms with Gasteiger partial charge in [0.2, 0.25) is 5.91 Å². The lowest BCUT2D eigenvalue weighted by molar-refractivity contribution is -0.308. The highest BCUT2D eigenvalue weighted by molar-refractivity contribution is 7.13. The van der Waals surface area contributed by atoms with Gasteiger partial charge in [-0.25, -0.2) is 4.79 Å². The number of anilines is 1. The van der Waals surface area contributed by atoms with E-state index in [2.05, 4.69) is 15.0 Å². The number of piperidine rings is 1. The summed E-state index contributed by atoms with van der Waals surface area (Å²) in [4.78, 5) is 28.7. The van der Waals surface area contributed by atoms with Crippen LogP contribution in [0.3, 0.4) is 0 Å². The summed E-state index contributed by atoms with van der Waals surface area (Å²) >= 11 is 1.25. The topological polar surface area (TPSA) is 71.5 Å². The molecule has 28 heavy (non-hydrogen) atoms. The number of hydrogen-bond acceptors (Lipinski definition) is 5. The third-order valence-corrected chi connectivity index (χ3v) is 5.70. The van der Waals surface area contributed by atoms with E-state index in [0.717, 1.165) is 4.90 Å². The highest BCUT2D eigenvalue weighted by Crippen LogP contribution is 2.59. The first kappa shape index (κ1) is 20.7. The van der Waals surface area contributed by atoms with Crippen LogP contribution in [-0.4, -0.2) is 53.4 Å². The van der Waals surface area contributed by atoms with Crippen molar-refractivity contribution in [1.29, 1.82) is 0 Å². The predicted octanol–water partition coefficient (Wildman–Crippen LogP) is 3.81. The number of carbonyl (C=O) groups excluding carboxylic acids is 2. The number of thiazole rings is 1.